The van der Waals surface area contributed by atoms with E-state index in [1.54, 1.807) is 6.33 Å². The summed E-state index contributed by atoms with van der Waals surface area (Å²) >= 11 is 0. The summed E-state index contributed by atoms with van der Waals surface area (Å²) in [6.07, 6.45) is 1.55. The van der Waals surface area contributed by atoms with Gasteiger partial charge in [-0.2, -0.15) is 0 Å². The molecule has 6 nitrogen and oxygen atoms in total. The van der Waals surface area contributed by atoms with E-state index < -0.39 is 0 Å². The summed E-state index contributed by atoms with van der Waals surface area (Å²) in [6, 6.07) is 8.58. The zero-order valence-electron chi connectivity index (χ0n) is 13.5. The number of likely N-dealkylation sites (N-methyl/N-ethyl adjacent to an activating group) is 1. The Kier molecular flexibility index (Phi) is 3.46. The van der Waals surface area contributed by atoms with Gasteiger partial charge in [0, 0.05) is 37.4 Å². The Balaban J connectivity index is 1.61. The van der Waals surface area contributed by atoms with Crippen molar-refractivity contribution in [3.63, 3.8) is 0 Å². The number of rotatable bonds is 2. The molecular weight excluding hydrogens is 288 g/mol. The third-order valence-corrected chi connectivity index (χ3v) is 4.49. The molecule has 2 aromatic heterocycles. The maximum Gasteiger partial charge on any atom is 0.181 e. The molecule has 3 aromatic rings. The second kappa shape index (κ2) is 5.62. The molecule has 0 radical (unpaired) electrons. The third kappa shape index (κ3) is 2.66. The first-order valence-electron chi connectivity index (χ1n) is 7.92. The normalized spacial score (nSPS) is 16.2. The fourth-order valence-corrected chi connectivity index (χ4v) is 2.98. The van der Waals surface area contributed by atoms with Crippen molar-refractivity contribution in [2.24, 2.45) is 0 Å². The molecule has 23 heavy (non-hydrogen) atoms. The highest BCUT2D eigenvalue weighted by Gasteiger charge is 2.14. The van der Waals surface area contributed by atoms with Crippen LogP contribution < -0.4 is 4.90 Å². The monoisotopic (exact) mass is 308 g/mol. The van der Waals surface area contributed by atoms with Gasteiger partial charge in [0.15, 0.2) is 5.65 Å². The van der Waals surface area contributed by atoms with Crippen LogP contribution in [0.2, 0.25) is 0 Å². The minimum absolute atomic E-state index is 0.718. The second-order valence-corrected chi connectivity index (χ2v) is 6.08. The minimum Gasteiger partial charge on any atom is -0.369 e. The highest BCUT2D eigenvalue weighted by atomic mass is 15.2. The van der Waals surface area contributed by atoms with Gasteiger partial charge in [0.05, 0.1) is 5.69 Å². The summed E-state index contributed by atoms with van der Waals surface area (Å²) in [7, 11) is 2.17. The molecule has 0 unspecified atom stereocenters. The van der Waals surface area contributed by atoms with Crippen LogP contribution in [0.4, 0.5) is 5.69 Å². The SMILES string of the molecule is Cc1ncnc2nc(-c3ccc(N4CCN(C)CC4)cc3)[nH]c12. The van der Waals surface area contributed by atoms with E-state index in [-0.39, 0.29) is 0 Å². The Morgan fingerprint density at radius 3 is 2.43 bits per heavy atom. The highest BCUT2D eigenvalue weighted by Crippen LogP contribution is 2.24. The standard InChI is InChI=1S/C17H20N6/c1-12-15-17(19-11-18-12)21-16(20-15)13-3-5-14(6-4-13)23-9-7-22(2)8-10-23/h3-6,11H,7-10H2,1-2H3,(H,18,19,20,21). The van der Waals surface area contributed by atoms with Crippen LogP contribution in [0.5, 0.6) is 0 Å². The number of H-pyrrole nitrogens is 1. The molecule has 0 aliphatic carbocycles. The first-order valence-corrected chi connectivity index (χ1v) is 7.92. The van der Waals surface area contributed by atoms with Gasteiger partial charge in [-0.3, -0.25) is 0 Å². The Labute approximate surface area is 135 Å². The van der Waals surface area contributed by atoms with Crippen molar-refractivity contribution in [1.29, 1.82) is 0 Å². The van der Waals surface area contributed by atoms with E-state index >= 15 is 0 Å². The Morgan fingerprint density at radius 2 is 1.74 bits per heavy atom. The molecule has 1 fully saturated rings. The van der Waals surface area contributed by atoms with Crippen molar-refractivity contribution < 1.29 is 0 Å². The van der Waals surface area contributed by atoms with Gasteiger partial charge in [-0.15, -0.1) is 0 Å². The number of aromatic nitrogens is 4. The average Bonchev–Trinajstić information content (AvgIpc) is 3.01. The zero-order chi connectivity index (χ0) is 15.8. The van der Waals surface area contributed by atoms with E-state index in [0.717, 1.165) is 54.4 Å². The summed E-state index contributed by atoms with van der Waals surface area (Å²) in [5.41, 5.74) is 4.89. The number of fused-ring (bicyclic) bond motifs is 1. The number of benzene rings is 1. The molecule has 1 saturated heterocycles. The minimum atomic E-state index is 0.718. The number of nitrogens with one attached hydrogen (secondary N) is 1. The molecule has 118 valence electrons. The molecule has 0 spiro atoms. The molecule has 1 aliphatic rings. The number of aryl methyl sites for hydroxylation is 1. The fraction of sp³-hybridized carbons (Fsp3) is 0.353. The van der Waals surface area contributed by atoms with Crippen LogP contribution in [0.15, 0.2) is 30.6 Å². The first kappa shape index (κ1) is 14.1. The van der Waals surface area contributed by atoms with Gasteiger partial charge in [-0.05, 0) is 38.2 Å². The van der Waals surface area contributed by atoms with Crippen molar-refractivity contribution in [2.75, 3.05) is 38.1 Å². The van der Waals surface area contributed by atoms with Crippen molar-refractivity contribution in [3.05, 3.63) is 36.3 Å². The van der Waals surface area contributed by atoms with Crippen molar-refractivity contribution in [1.82, 2.24) is 24.8 Å². The van der Waals surface area contributed by atoms with Gasteiger partial charge in [0.25, 0.3) is 0 Å². The third-order valence-electron chi connectivity index (χ3n) is 4.49. The summed E-state index contributed by atoms with van der Waals surface area (Å²) in [5, 5.41) is 0. The van der Waals surface area contributed by atoms with E-state index in [9.17, 15) is 0 Å². The summed E-state index contributed by atoms with van der Waals surface area (Å²) < 4.78 is 0. The molecule has 1 aliphatic heterocycles. The molecular formula is C17H20N6. The second-order valence-electron chi connectivity index (χ2n) is 6.08. The van der Waals surface area contributed by atoms with E-state index in [1.165, 1.54) is 5.69 Å². The number of piperazine rings is 1. The number of hydrogen-bond donors (Lipinski definition) is 1. The van der Waals surface area contributed by atoms with E-state index in [4.69, 9.17) is 0 Å². The smallest absolute Gasteiger partial charge is 0.181 e. The van der Waals surface area contributed by atoms with Crippen molar-refractivity contribution in [2.45, 2.75) is 6.92 Å². The molecule has 0 amide bonds. The lowest BCUT2D eigenvalue weighted by Crippen LogP contribution is -2.44. The Morgan fingerprint density at radius 1 is 1.00 bits per heavy atom. The van der Waals surface area contributed by atoms with E-state index in [0.29, 0.717) is 0 Å². The molecule has 4 rings (SSSR count). The quantitative estimate of drug-likeness (QED) is 0.785. The van der Waals surface area contributed by atoms with Crippen LogP contribution in [0.25, 0.3) is 22.6 Å². The van der Waals surface area contributed by atoms with Crippen LogP contribution in [-0.2, 0) is 0 Å². The summed E-state index contributed by atoms with van der Waals surface area (Å²) in [5.74, 6) is 0.841. The predicted octanol–water partition coefficient (Wildman–Crippen LogP) is 2.08. The predicted molar refractivity (Wildman–Crippen MR) is 91.6 cm³/mol. The largest absolute Gasteiger partial charge is 0.369 e. The van der Waals surface area contributed by atoms with Crippen LogP contribution in [-0.4, -0.2) is 58.1 Å². The van der Waals surface area contributed by atoms with Gasteiger partial charge >= 0.3 is 0 Å². The van der Waals surface area contributed by atoms with Crippen LogP contribution in [0.1, 0.15) is 5.69 Å². The lowest BCUT2D eigenvalue weighted by Gasteiger charge is -2.34. The van der Waals surface area contributed by atoms with Crippen LogP contribution in [0, 0.1) is 6.92 Å². The number of anilines is 1. The molecule has 6 heteroatoms. The van der Waals surface area contributed by atoms with E-state index in [2.05, 4.69) is 61.0 Å². The topological polar surface area (TPSA) is 60.9 Å². The van der Waals surface area contributed by atoms with Crippen molar-refractivity contribution >= 4 is 16.9 Å². The molecule has 0 bridgehead atoms. The zero-order valence-corrected chi connectivity index (χ0v) is 13.5. The van der Waals surface area contributed by atoms with Gasteiger partial charge in [0.1, 0.15) is 17.7 Å². The molecule has 0 atom stereocenters. The lowest BCUT2D eigenvalue weighted by atomic mass is 10.1. The summed E-state index contributed by atoms with van der Waals surface area (Å²) in [4.78, 5) is 21.1. The summed E-state index contributed by atoms with van der Waals surface area (Å²) in [6.45, 7) is 6.35. The van der Waals surface area contributed by atoms with Gasteiger partial charge in [-0.25, -0.2) is 15.0 Å². The molecule has 1 N–H and O–H groups in total. The van der Waals surface area contributed by atoms with Crippen LogP contribution in [0.3, 0.4) is 0 Å². The van der Waals surface area contributed by atoms with Gasteiger partial charge in [0.2, 0.25) is 0 Å². The number of hydrogen-bond acceptors (Lipinski definition) is 5. The van der Waals surface area contributed by atoms with Gasteiger partial charge in [-0.1, -0.05) is 0 Å². The molecule has 1 aromatic carbocycles. The van der Waals surface area contributed by atoms with Gasteiger partial charge < -0.3 is 14.8 Å². The number of aromatic amines is 1. The number of nitrogens with zero attached hydrogens (tertiary/aromatic N) is 5. The van der Waals surface area contributed by atoms with Crippen LogP contribution >= 0.6 is 0 Å². The first-order chi connectivity index (χ1) is 11.2. The average molecular weight is 308 g/mol. The Bertz CT molecular complexity index is 815. The number of imidazole rings is 1. The maximum absolute atomic E-state index is 4.57. The molecule has 0 saturated carbocycles. The Hall–Kier alpha value is -2.47. The molecule has 3 heterocycles. The van der Waals surface area contributed by atoms with E-state index in [1.807, 2.05) is 6.92 Å². The maximum atomic E-state index is 4.57. The van der Waals surface area contributed by atoms with Crippen molar-refractivity contribution in [3.8, 4) is 11.4 Å². The lowest BCUT2D eigenvalue weighted by molar-refractivity contribution is 0.313. The highest BCUT2D eigenvalue weighted by molar-refractivity contribution is 5.77. The fourth-order valence-electron chi connectivity index (χ4n) is 2.98.